The van der Waals surface area contributed by atoms with Gasteiger partial charge in [0.05, 0.1) is 70.2 Å². The number of aliphatic hydroxyl groups excluding tert-OH is 7. The molecule has 68 heteroatoms. The molecule has 0 aromatic heterocycles. The Morgan fingerprint density at radius 1 is 0.304 bits per heavy atom. The Hall–Kier alpha value is 1.94. The van der Waals surface area contributed by atoms with Gasteiger partial charge in [-0.3, -0.25) is 27.2 Å². The fourth-order valence-electron chi connectivity index (χ4n) is 9.42. The number of hydrogen-bond donors (Lipinski definition) is 22. The van der Waals surface area contributed by atoms with E-state index in [2.05, 4.69) is 35.6 Å². The predicted molar refractivity (Wildman–Crippen MR) is 386 cm³/mol. The molecule has 0 saturated carbocycles. The van der Waals surface area contributed by atoms with E-state index in [1.807, 2.05) is 15.1 Å². The molecule has 112 heavy (non-hydrogen) atoms. The van der Waals surface area contributed by atoms with Crippen LogP contribution in [0.15, 0.2) is 0 Å². The van der Waals surface area contributed by atoms with Crippen molar-refractivity contribution in [3.05, 3.63) is 0 Å². The number of ether oxygens (including phenoxy) is 8. The Balaban J connectivity index is 0.00000129. The van der Waals surface area contributed by atoms with Gasteiger partial charge in [-0.25, -0.2) is 36.0 Å². The summed E-state index contributed by atoms with van der Waals surface area (Å²) in [5, 5.41) is 67.0. The van der Waals surface area contributed by atoms with Crippen molar-refractivity contribution in [3.63, 3.8) is 0 Å². The molecule has 0 spiro atoms. The van der Waals surface area contributed by atoms with Gasteiger partial charge in [-0.1, -0.05) is 42.0 Å². The molecule has 7 fully saturated rings. The molecule has 9 unspecified atom stereocenters. The van der Waals surface area contributed by atoms with E-state index in [4.69, 9.17) is 178 Å². The van der Waals surface area contributed by atoms with E-state index in [1.54, 1.807) is 41.5 Å². The third-order valence-corrected chi connectivity index (χ3v) is 26.8. The number of phosphoric ester groups is 4. The summed E-state index contributed by atoms with van der Waals surface area (Å²) in [7, 11) is 3.46. The molecular weight excluding hydrogens is 1790 g/mol. The van der Waals surface area contributed by atoms with Gasteiger partial charge in [-0.05, 0) is 0 Å². The van der Waals surface area contributed by atoms with Crippen LogP contribution in [-0.2, 0) is 124 Å². The summed E-state index contributed by atoms with van der Waals surface area (Å²) in [6.45, 7) is 8.30. The molecule has 22 N–H and O–H groups in total. The van der Waals surface area contributed by atoms with Gasteiger partial charge in [-0.15, -0.1) is 0 Å². The van der Waals surface area contributed by atoms with E-state index < -0.39 is 223 Å². The van der Waals surface area contributed by atoms with E-state index in [-0.39, 0.29) is 76.0 Å². The van der Waals surface area contributed by atoms with Crippen LogP contribution in [0, 0.1) is 35.5 Å². The molecule has 7 saturated heterocycles. The maximum absolute atomic E-state index is 11.6. The average molecular weight is 1880 g/mol. The maximum atomic E-state index is 11.6. The molecule has 0 bridgehead atoms. The van der Waals surface area contributed by atoms with Gasteiger partial charge in [0.25, 0.3) is 7.47 Å². The number of phosphoric acid groups is 7. The van der Waals surface area contributed by atoms with Crippen LogP contribution < -0.4 is 0 Å². The Kier molecular flexibility index (Phi) is 49.3. The van der Waals surface area contributed by atoms with E-state index in [0.29, 0.717) is 0 Å². The molecule has 7 rings (SSSR count). The van der Waals surface area contributed by atoms with E-state index in [1.165, 1.54) is 7.11 Å². The molecule has 0 aromatic carbocycles. The average Bonchev–Trinajstić information content (AvgIpc) is 1.47. The fraction of sp³-hybridized carbons (Fsp3) is 1.00. The molecule has 7 aliphatic heterocycles. The van der Waals surface area contributed by atoms with Crippen LogP contribution in [-0.4, -0.2) is 380 Å². The van der Waals surface area contributed by atoms with Crippen LogP contribution in [0.3, 0.4) is 0 Å². The number of aliphatic hydroxyl groups is 7. The minimum Gasteiger partial charge on any atom is -0.390 e. The Labute approximate surface area is 661 Å². The molecule has 7 heterocycles. The summed E-state index contributed by atoms with van der Waals surface area (Å²) < 4.78 is 179. The van der Waals surface area contributed by atoms with Crippen LogP contribution in [0.5, 0.6) is 0 Å². The van der Waals surface area contributed by atoms with Gasteiger partial charge in [0, 0.05) is 79.4 Å². The normalized spacial score (nSPS) is 37.1. The second-order valence-electron chi connectivity index (χ2n) is 24.8. The predicted octanol–water partition coefficient (Wildman–Crippen LogP) is -6.09. The summed E-state index contributed by atoms with van der Waals surface area (Å²) in [6.07, 6.45) is -16.7. The molecule has 0 aliphatic carbocycles. The van der Waals surface area contributed by atoms with Gasteiger partial charge in [0.2, 0.25) is 7.57 Å². The van der Waals surface area contributed by atoms with Crippen LogP contribution in [0.25, 0.3) is 0 Å². The molecule has 0 aromatic rings. The zero-order valence-electron chi connectivity index (χ0n) is 59.5. The minimum absolute atomic E-state index is 0. The molecule has 7 aliphatic rings. The largest absolute Gasteiger partial charge is 0.476 e. The summed E-state index contributed by atoms with van der Waals surface area (Å²) >= 11 is 2.03. The van der Waals surface area contributed by atoms with Crippen molar-refractivity contribution in [2.24, 2.45) is 35.5 Å². The first-order chi connectivity index (χ1) is 49.8. The van der Waals surface area contributed by atoms with Crippen molar-refractivity contribution in [2.75, 3.05) is 60.0 Å². The molecule has 31 atom stereocenters. The third-order valence-electron chi connectivity index (χ3n) is 15.9. The number of methoxy groups -OCH3 is 1. The zero-order valence-corrected chi connectivity index (χ0v) is 70.1. The van der Waals surface area contributed by atoms with Gasteiger partial charge in [0.1, 0.15) is 95.9 Å². The first-order valence-electron chi connectivity index (χ1n) is 31.3. The summed E-state index contributed by atoms with van der Waals surface area (Å²) in [5.41, 5.74) is 0. The molecule has 49 nitrogen and oxygen atoms in total. The Morgan fingerprint density at radius 2 is 0.500 bits per heavy atom. The maximum Gasteiger partial charge on any atom is 0.476 e. The van der Waals surface area contributed by atoms with Crippen molar-refractivity contribution in [1.29, 1.82) is 0 Å². The van der Waals surface area contributed by atoms with Gasteiger partial charge in [-0.2, -0.15) is 0 Å². The van der Waals surface area contributed by atoms with Crippen LogP contribution in [0.2, 0.25) is 0 Å². The second-order valence-corrected chi connectivity index (χ2v) is 41.9. The van der Waals surface area contributed by atoms with E-state index in [9.17, 15) is 81.7 Å². The minimum atomic E-state index is -5.03. The van der Waals surface area contributed by atoms with Crippen LogP contribution in [0.1, 0.15) is 49.0 Å². The van der Waals surface area contributed by atoms with E-state index >= 15 is 0 Å². The Morgan fingerprint density at radius 3 is 0.688 bits per heavy atom. The number of rotatable bonds is 28. The fourth-order valence-corrected chi connectivity index (χ4v) is 18.3. The quantitative estimate of drug-likeness (QED) is 0.0256. The second kappa shape index (κ2) is 48.4. The Bertz CT molecular complexity index is 3020. The van der Waals surface area contributed by atoms with Crippen molar-refractivity contribution in [2.45, 2.75) is 183 Å². The molecule has 16 radical (unpaired) electrons. The molecule has 0 amide bonds. The molecule has 642 valence electrons. The standard InChI is InChI=1S/C7H15BO8P2.C6H12B2O8P2.C6H13BO8P2Se.C6H12BO7P.3C6H12BO6P.CH4/c1-4-6(9)5(15-7(4)8)3-14-17(2,10)16-18(11,12)13;1-3-5(9)4(15-6(3)7)2-14-17(8,10)16-18(11,12)13;1-3-5(8)4(14-6(3)7)2-13-17(12,18)15-16(9,10)11;1-12-5-4(8)3(14-6(5)7)2-13-15(9,10)11;3*1-3-5(8)4(13-6(3)7)2-12-14(9,10)11;/h4-7,9H,3H2,1-2H3,(H2,11,12,13);3-6,9H,2H2,1H3,(H2,11,12,13);3-6,8H,2H2,1H3,(H,12,18)(H2,9,10,11);3-6,8H,2H2,1H3,(H2,9,10,11);3*3-6,8H,2H2,1H3,(H2,9,10,11);1H4/t4?,5-,6+,7-,17?;2*3?,4-,5+,6-,17?;3-,4-,5-,6-;3*3?,4-,5+,6-;/m1111111./s1. The van der Waals surface area contributed by atoms with Gasteiger partial charge < -0.3 is 132 Å². The molecular formula is C44H92B8O49P10Se. The number of hydrogen-bond acceptors (Lipinski definition) is 35. The van der Waals surface area contributed by atoms with Crippen molar-refractivity contribution in [3.8, 4) is 0 Å². The summed E-state index contributed by atoms with van der Waals surface area (Å²) in [4.78, 5) is 128. The first kappa shape index (κ1) is 114. The first-order valence-corrected chi connectivity index (χ1v) is 49.4. The summed E-state index contributed by atoms with van der Waals surface area (Å²) in [5.74, 6) is -1.83. The zero-order chi connectivity index (χ0) is 86.8. The van der Waals surface area contributed by atoms with Crippen molar-refractivity contribution >= 4 is 154 Å². The van der Waals surface area contributed by atoms with Crippen LogP contribution >= 0.6 is 76.0 Å². The third kappa shape index (κ3) is 44.5. The van der Waals surface area contributed by atoms with Crippen molar-refractivity contribution < 1.29 is 233 Å². The van der Waals surface area contributed by atoms with Gasteiger partial charge in [0.15, 0.2) is 0 Å². The summed E-state index contributed by atoms with van der Waals surface area (Å²) in [6, 6.07) is -4.78. The monoisotopic (exact) mass is 1880 g/mol. The SMILES string of the molecule is C.[B][C@@H]1O[C@H](COP(=O)(O)O)[C@@H](O)C1C.[B][C@@H]1O[C@H](COP(=O)(O)O)[C@@H](O)C1C.[B][C@@H]1O[C@H](COP(=O)(O)O)[C@@H](O)C1C.[B][C@@H]1O[C@H](COP(=O)(O)O)[C@@H](O)[C@H]1OC.[B][C@@H]1O[C@H](COP(C)(=O)OP(=O)(O)O)[C@@H](O)C1C.[B][C@@H]1O[C@H](COP(O)(=[Se])OP(=O)(O)O)[C@@H](O)C1C.[B][C@@H]1O[C@H](COP([B])(=O)OP(=O)(O)O)[C@@H](O)C1C. The van der Waals surface area contributed by atoms with Crippen molar-refractivity contribution in [1.82, 2.24) is 0 Å². The topological polar surface area (TPSA) is 765 Å². The van der Waals surface area contributed by atoms with Gasteiger partial charge >= 0.3 is 167 Å². The van der Waals surface area contributed by atoms with E-state index in [0.717, 1.165) is 6.66 Å². The van der Waals surface area contributed by atoms with Crippen LogP contribution in [0.4, 0.5) is 0 Å². The smallest absolute Gasteiger partial charge is 0.390 e.